The predicted molar refractivity (Wildman–Crippen MR) is 107 cm³/mol. The van der Waals surface area contributed by atoms with Gasteiger partial charge in [-0.05, 0) is 42.8 Å². The Balaban J connectivity index is 1.31. The summed E-state index contributed by atoms with van der Waals surface area (Å²) in [6.07, 6.45) is 0.628. The van der Waals surface area contributed by atoms with Crippen molar-refractivity contribution in [3.63, 3.8) is 0 Å². The molecule has 0 aromatic heterocycles. The molecule has 0 bridgehead atoms. The van der Waals surface area contributed by atoms with Crippen LogP contribution in [0.4, 0.5) is 14.9 Å². The first kappa shape index (κ1) is 19.7. The molecule has 3 amide bonds. The Morgan fingerprint density at radius 3 is 2.18 bits per heavy atom. The molecule has 0 unspecified atom stereocenters. The molecular formula is C21H25FN4O2. The first-order valence-corrected chi connectivity index (χ1v) is 9.50. The van der Waals surface area contributed by atoms with Gasteiger partial charge in [-0.1, -0.05) is 18.2 Å². The number of nitrogens with one attached hydrogen (secondary N) is 2. The summed E-state index contributed by atoms with van der Waals surface area (Å²) in [6.45, 7) is 3.92. The molecule has 6 nitrogen and oxygen atoms in total. The fourth-order valence-corrected chi connectivity index (χ4v) is 3.11. The molecule has 1 heterocycles. The predicted octanol–water partition coefficient (Wildman–Crippen LogP) is 2.48. The maximum absolute atomic E-state index is 12.9. The van der Waals surface area contributed by atoms with Crippen molar-refractivity contribution in [3.8, 4) is 0 Å². The lowest BCUT2D eigenvalue weighted by molar-refractivity contribution is 0.0953. The van der Waals surface area contributed by atoms with Gasteiger partial charge >= 0.3 is 6.03 Å². The van der Waals surface area contributed by atoms with E-state index in [4.69, 9.17) is 0 Å². The number of carbonyl (C=O) groups excluding carboxylic acids is 2. The second kappa shape index (κ2) is 9.73. The second-order valence-corrected chi connectivity index (χ2v) is 6.66. The number of piperazine rings is 1. The fraction of sp³-hybridized carbons (Fsp3) is 0.333. The molecule has 0 saturated carbocycles. The zero-order valence-corrected chi connectivity index (χ0v) is 15.7. The summed E-state index contributed by atoms with van der Waals surface area (Å²) in [6, 6.07) is 15.5. The lowest BCUT2D eigenvalue weighted by atomic mass is 10.2. The summed E-state index contributed by atoms with van der Waals surface area (Å²) in [5.41, 5.74) is 1.60. The van der Waals surface area contributed by atoms with E-state index in [0.717, 1.165) is 13.1 Å². The smallest absolute Gasteiger partial charge is 0.317 e. The number of hydrogen-bond donors (Lipinski definition) is 2. The summed E-state index contributed by atoms with van der Waals surface area (Å²) in [5, 5.41) is 5.66. The van der Waals surface area contributed by atoms with Crippen molar-refractivity contribution in [3.05, 3.63) is 66.0 Å². The number of carbonyl (C=O) groups is 2. The fourth-order valence-electron chi connectivity index (χ4n) is 3.11. The summed E-state index contributed by atoms with van der Waals surface area (Å²) >= 11 is 0. The Kier molecular flexibility index (Phi) is 6.84. The first-order chi connectivity index (χ1) is 13.6. The molecule has 2 N–H and O–H groups in total. The SMILES string of the molecule is O=C(NCCCNC(=O)N1CCN(c2ccccc2)CC1)c1ccc(F)cc1. The first-order valence-electron chi connectivity index (χ1n) is 9.50. The van der Waals surface area contributed by atoms with Crippen molar-refractivity contribution in [1.82, 2.24) is 15.5 Å². The van der Waals surface area contributed by atoms with E-state index in [9.17, 15) is 14.0 Å². The van der Waals surface area contributed by atoms with Crippen LogP contribution < -0.4 is 15.5 Å². The van der Waals surface area contributed by atoms with Crippen LogP contribution in [-0.2, 0) is 0 Å². The van der Waals surface area contributed by atoms with Gasteiger partial charge in [-0.2, -0.15) is 0 Å². The Bertz CT molecular complexity index is 775. The van der Waals surface area contributed by atoms with Crippen LogP contribution in [0.3, 0.4) is 0 Å². The standard InChI is InChI=1S/C21H25FN4O2/c22-18-9-7-17(8-10-18)20(27)23-11-4-12-24-21(28)26-15-13-25(14-16-26)19-5-2-1-3-6-19/h1-3,5-10H,4,11-16H2,(H,23,27)(H,24,28). The molecule has 28 heavy (non-hydrogen) atoms. The van der Waals surface area contributed by atoms with Crippen LogP contribution >= 0.6 is 0 Å². The van der Waals surface area contributed by atoms with Crippen LogP contribution in [-0.4, -0.2) is 56.1 Å². The van der Waals surface area contributed by atoms with Gasteiger partial charge in [-0.15, -0.1) is 0 Å². The number of rotatable bonds is 6. The highest BCUT2D eigenvalue weighted by molar-refractivity contribution is 5.94. The summed E-state index contributed by atoms with van der Waals surface area (Å²) in [4.78, 5) is 28.3. The van der Waals surface area contributed by atoms with Gasteiger partial charge < -0.3 is 20.4 Å². The van der Waals surface area contributed by atoms with Gasteiger partial charge in [0, 0.05) is 50.5 Å². The van der Waals surface area contributed by atoms with E-state index < -0.39 is 0 Å². The van der Waals surface area contributed by atoms with Crippen LogP contribution in [0.15, 0.2) is 54.6 Å². The third kappa shape index (κ3) is 5.45. The minimum absolute atomic E-state index is 0.0717. The quantitative estimate of drug-likeness (QED) is 0.752. The number of anilines is 1. The number of para-hydroxylation sites is 1. The molecule has 1 aliphatic rings. The molecule has 1 fully saturated rings. The molecule has 148 valence electrons. The van der Waals surface area contributed by atoms with E-state index in [1.807, 2.05) is 23.1 Å². The molecule has 0 radical (unpaired) electrons. The number of urea groups is 1. The second-order valence-electron chi connectivity index (χ2n) is 6.66. The van der Waals surface area contributed by atoms with E-state index in [-0.39, 0.29) is 17.8 Å². The molecular weight excluding hydrogens is 359 g/mol. The molecule has 0 spiro atoms. The van der Waals surface area contributed by atoms with E-state index in [0.29, 0.717) is 38.2 Å². The molecule has 0 atom stereocenters. The number of nitrogens with zero attached hydrogens (tertiary/aromatic N) is 2. The van der Waals surface area contributed by atoms with Gasteiger partial charge in [0.25, 0.3) is 5.91 Å². The van der Waals surface area contributed by atoms with Crippen molar-refractivity contribution in [2.45, 2.75) is 6.42 Å². The molecule has 1 saturated heterocycles. The molecule has 3 rings (SSSR count). The number of benzene rings is 2. The highest BCUT2D eigenvalue weighted by atomic mass is 19.1. The van der Waals surface area contributed by atoms with Crippen LogP contribution in [0, 0.1) is 5.82 Å². The van der Waals surface area contributed by atoms with Gasteiger partial charge in [0.2, 0.25) is 0 Å². The minimum Gasteiger partial charge on any atom is -0.368 e. The van der Waals surface area contributed by atoms with Crippen molar-refractivity contribution < 1.29 is 14.0 Å². The van der Waals surface area contributed by atoms with E-state index >= 15 is 0 Å². The highest BCUT2D eigenvalue weighted by Gasteiger charge is 2.20. The minimum atomic E-state index is -0.371. The number of halogens is 1. The number of amides is 3. The van der Waals surface area contributed by atoms with E-state index in [1.165, 1.54) is 30.0 Å². The van der Waals surface area contributed by atoms with Gasteiger partial charge in [-0.25, -0.2) is 9.18 Å². The summed E-state index contributed by atoms with van der Waals surface area (Å²) in [5.74, 6) is -0.618. The normalized spacial score (nSPS) is 13.9. The van der Waals surface area contributed by atoms with Gasteiger partial charge in [0.1, 0.15) is 5.82 Å². The Hall–Kier alpha value is -3.09. The largest absolute Gasteiger partial charge is 0.368 e. The summed E-state index contributed by atoms with van der Waals surface area (Å²) in [7, 11) is 0. The molecule has 7 heteroatoms. The van der Waals surface area contributed by atoms with Gasteiger partial charge in [-0.3, -0.25) is 4.79 Å². The Morgan fingerprint density at radius 1 is 0.857 bits per heavy atom. The van der Waals surface area contributed by atoms with Crippen molar-refractivity contribution in [1.29, 1.82) is 0 Å². The van der Waals surface area contributed by atoms with Gasteiger partial charge in [0.05, 0.1) is 0 Å². The van der Waals surface area contributed by atoms with Crippen LogP contribution in [0.25, 0.3) is 0 Å². The Morgan fingerprint density at radius 2 is 1.50 bits per heavy atom. The maximum Gasteiger partial charge on any atom is 0.317 e. The van der Waals surface area contributed by atoms with Crippen molar-refractivity contribution in [2.24, 2.45) is 0 Å². The third-order valence-corrected chi connectivity index (χ3v) is 4.71. The average molecular weight is 384 g/mol. The lowest BCUT2D eigenvalue weighted by Gasteiger charge is -2.36. The van der Waals surface area contributed by atoms with E-state index in [2.05, 4.69) is 27.7 Å². The van der Waals surface area contributed by atoms with E-state index in [1.54, 1.807) is 0 Å². The summed E-state index contributed by atoms with van der Waals surface area (Å²) < 4.78 is 12.9. The molecule has 0 aliphatic carbocycles. The van der Waals surface area contributed by atoms with Crippen LogP contribution in [0.5, 0.6) is 0 Å². The monoisotopic (exact) mass is 384 g/mol. The topological polar surface area (TPSA) is 64.7 Å². The van der Waals surface area contributed by atoms with Crippen LogP contribution in [0.1, 0.15) is 16.8 Å². The van der Waals surface area contributed by atoms with Crippen molar-refractivity contribution >= 4 is 17.6 Å². The average Bonchev–Trinajstić information content (AvgIpc) is 2.74. The Labute approximate surface area is 164 Å². The maximum atomic E-state index is 12.9. The van der Waals surface area contributed by atoms with Crippen molar-refractivity contribution in [2.75, 3.05) is 44.2 Å². The lowest BCUT2D eigenvalue weighted by Crippen LogP contribution is -2.52. The zero-order chi connectivity index (χ0) is 19.8. The zero-order valence-electron chi connectivity index (χ0n) is 15.7. The molecule has 1 aliphatic heterocycles. The third-order valence-electron chi connectivity index (χ3n) is 4.71. The molecule has 2 aromatic carbocycles. The van der Waals surface area contributed by atoms with Gasteiger partial charge in [0.15, 0.2) is 0 Å². The van der Waals surface area contributed by atoms with Crippen LogP contribution in [0.2, 0.25) is 0 Å². The molecule has 2 aromatic rings. The highest BCUT2D eigenvalue weighted by Crippen LogP contribution is 2.15. The number of hydrogen-bond acceptors (Lipinski definition) is 3.